The van der Waals surface area contributed by atoms with E-state index < -0.39 is 32.5 Å². The molecule has 0 amide bonds. The second-order valence-corrected chi connectivity index (χ2v) is 17.6. The Morgan fingerprint density at radius 3 is 1.66 bits per heavy atom. The summed E-state index contributed by atoms with van der Waals surface area (Å²) < 4.78 is 34.1. The van der Waals surface area contributed by atoms with Gasteiger partial charge in [-0.1, -0.05) is 138 Å². The second kappa shape index (κ2) is 39.3. The number of hydrogen-bond acceptors (Lipinski definition) is 8. The Balaban J connectivity index is 4.56. The van der Waals surface area contributed by atoms with Crippen molar-refractivity contribution in [2.75, 3.05) is 47.5 Å². The lowest BCUT2D eigenvalue weighted by atomic mass is 10.1. The number of esters is 2. The molecule has 0 radical (unpaired) electrons. The summed E-state index contributed by atoms with van der Waals surface area (Å²) in [5.41, 5.74) is 0. The minimum absolute atomic E-state index is 0.00496. The number of quaternary nitrogens is 1. The Bertz CT molecular complexity index is 1300. The Kier molecular flexibility index (Phi) is 37.4. The van der Waals surface area contributed by atoms with Crippen molar-refractivity contribution in [3.63, 3.8) is 0 Å². The highest BCUT2D eigenvalue weighted by molar-refractivity contribution is 7.47. The maximum atomic E-state index is 12.7. The fourth-order valence-corrected chi connectivity index (χ4v) is 6.33. The number of rotatable bonds is 40. The first kappa shape index (κ1) is 56.1. The van der Waals surface area contributed by atoms with Crippen LogP contribution in [0.15, 0.2) is 72.9 Å². The molecule has 0 spiro atoms. The zero-order valence-electron chi connectivity index (χ0n) is 37.7. The van der Waals surface area contributed by atoms with Gasteiger partial charge in [-0.15, -0.1) is 0 Å². The van der Waals surface area contributed by atoms with E-state index in [2.05, 4.69) is 62.5 Å². The molecule has 2 atom stereocenters. The van der Waals surface area contributed by atoms with Gasteiger partial charge in [0.1, 0.15) is 19.8 Å². The highest BCUT2D eigenvalue weighted by Crippen LogP contribution is 2.43. The van der Waals surface area contributed by atoms with Crippen molar-refractivity contribution in [1.82, 2.24) is 0 Å². The van der Waals surface area contributed by atoms with Crippen LogP contribution >= 0.6 is 7.82 Å². The third-order valence-corrected chi connectivity index (χ3v) is 10.2. The number of ether oxygens (including phenoxy) is 2. The summed E-state index contributed by atoms with van der Waals surface area (Å²) in [6, 6.07) is 0. The van der Waals surface area contributed by atoms with Gasteiger partial charge in [-0.25, -0.2) is 4.57 Å². The van der Waals surface area contributed by atoms with Gasteiger partial charge in [0, 0.05) is 19.3 Å². The molecular formula is C48H83NO9P+. The molecule has 0 saturated carbocycles. The molecule has 0 aliphatic heterocycles. The molecule has 0 aliphatic carbocycles. The van der Waals surface area contributed by atoms with Crippen LogP contribution in [0.25, 0.3) is 0 Å². The molecule has 0 fully saturated rings. The lowest BCUT2D eigenvalue weighted by Crippen LogP contribution is -2.37. The third-order valence-electron chi connectivity index (χ3n) is 9.19. The molecule has 0 aliphatic rings. The second-order valence-electron chi connectivity index (χ2n) is 16.1. The van der Waals surface area contributed by atoms with Crippen molar-refractivity contribution in [1.29, 1.82) is 0 Å². The molecule has 1 unspecified atom stereocenters. The molecule has 0 bridgehead atoms. The first-order chi connectivity index (χ1) is 28.4. The van der Waals surface area contributed by atoms with E-state index in [9.17, 15) is 23.8 Å². The molecule has 1 N–H and O–H groups in total. The van der Waals surface area contributed by atoms with E-state index in [1.165, 1.54) is 63.9 Å². The van der Waals surface area contributed by atoms with Crippen LogP contribution < -0.4 is 0 Å². The van der Waals surface area contributed by atoms with Crippen LogP contribution in [-0.4, -0.2) is 80.7 Å². The highest BCUT2D eigenvalue weighted by atomic mass is 31.2. The number of ketones is 1. The number of likely N-dealkylation sites (N-methyl/N-ethyl adjacent to an activating group) is 1. The maximum Gasteiger partial charge on any atom is 0.472 e. The van der Waals surface area contributed by atoms with Crippen LogP contribution in [-0.2, 0) is 37.5 Å². The summed E-state index contributed by atoms with van der Waals surface area (Å²) in [4.78, 5) is 47.6. The quantitative estimate of drug-likeness (QED) is 0.0122. The van der Waals surface area contributed by atoms with E-state index in [1.807, 2.05) is 33.3 Å². The van der Waals surface area contributed by atoms with Crippen molar-refractivity contribution < 1.29 is 46.8 Å². The summed E-state index contributed by atoms with van der Waals surface area (Å²) in [7, 11) is 1.34. The van der Waals surface area contributed by atoms with Crippen LogP contribution in [0.1, 0.15) is 162 Å². The van der Waals surface area contributed by atoms with Gasteiger partial charge in [0.15, 0.2) is 11.9 Å². The molecule has 0 heterocycles. The SMILES string of the molecule is CCCCC/C=C\C/C=C\C/C=C\C=C\C(=O)CCCC(=O)OC[C@H](COP(=O)(O)OCC[N+](C)(C)C)OC(=O)CCCCCCCCC/C=C\C/C=C\CCCCC. The summed E-state index contributed by atoms with van der Waals surface area (Å²) in [5, 5.41) is 0. The Labute approximate surface area is 359 Å². The fourth-order valence-electron chi connectivity index (χ4n) is 5.58. The smallest absolute Gasteiger partial charge is 0.462 e. The average molecular weight is 849 g/mol. The average Bonchev–Trinajstić information content (AvgIpc) is 3.18. The summed E-state index contributed by atoms with van der Waals surface area (Å²) >= 11 is 0. The van der Waals surface area contributed by atoms with Crippen LogP contribution in [0, 0.1) is 0 Å². The minimum Gasteiger partial charge on any atom is -0.462 e. The molecule has 0 aromatic rings. The minimum atomic E-state index is -4.44. The standard InChI is InChI=1S/C48H82NO9P/c1-6-8-10-12-14-16-18-20-21-22-23-25-27-29-31-33-35-39-48(52)58-46(44-57-59(53,54)56-42-41-49(3,4)5)43-55-47(51)40-36-38-45(50)37-34-32-30-28-26-24-19-17-15-13-11-9-7-2/h14-17,20-21,24,26,30,32,34,37,46H,6-13,18-19,22-23,25,27-29,31,33,35-36,38-44H2,1-5H3/p+1/b16-14-,17-15-,21-20-,26-24-,32-30-,37-34+/t46-/m1/s1. The van der Waals surface area contributed by atoms with Crippen molar-refractivity contribution >= 4 is 25.5 Å². The molecule has 11 heteroatoms. The Morgan fingerprint density at radius 1 is 0.576 bits per heavy atom. The molecule has 59 heavy (non-hydrogen) atoms. The largest absolute Gasteiger partial charge is 0.472 e. The highest BCUT2D eigenvalue weighted by Gasteiger charge is 2.27. The van der Waals surface area contributed by atoms with E-state index in [0.29, 0.717) is 23.9 Å². The van der Waals surface area contributed by atoms with E-state index in [0.717, 1.165) is 57.8 Å². The molecule has 0 aromatic heterocycles. The van der Waals surface area contributed by atoms with Crippen molar-refractivity contribution in [3.8, 4) is 0 Å². The topological polar surface area (TPSA) is 125 Å². The third kappa shape index (κ3) is 43.0. The normalized spacial score (nSPS) is 14.1. The van der Waals surface area contributed by atoms with Gasteiger partial charge in [-0.2, -0.15) is 0 Å². The summed E-state index contributed by atoms with van der Waals surface area (Å²) in [5.74, 6) is -1.17. The van der Waals surface area contributed by atoms with Gasteiger partial charge in [0.05, 0.1) is 27.7 Å². The predicted octanol–water partition coefficient (Wildman–Crippen LogP) is 12.2. The first-order valence-corrected chi connectivity index (χ1v) is 24.1. The lowest BCUT2D eigenvalue weighted by molar-refractivity contribution is -0.870. The van der Waals surface area contributed by atoms with Crippen molar-refractivity contribution in [2.45, 2.75) is 168 Å². The zero-order chi connectivity index (χ0) is 43.7. The molecule has 10 nitrogen and oxygen atoms in total. The first-order valence-electron chi connectivity index (χ1n) is 22.6. The van der Waals surface area contributed by atoms with Gasteiger partial charge in [-0.3, -0.25) is 23.4 Å². The van der Waals surface area contributed by atoms with Gasteiger partial charge in [0.2, 0.25) is 0 Å². The van der Waals surface area contributed by atoms with Crippen molar-refractivity contribution in [3.05, 3.63) is 72.9 Å². The summed E-state index contributed by atoms with van der Waals surface area (Å²) in [6.07, 6.45) is 45.2. The number of phosphoric ester groups is 1. The van der Waals surface area contributed by atoms with Crippen LogP contribution in [0.3, 0.4) is 0 Å². The number of unbranched alkanes of at least 4 members (excludes halogenated alkanes) is 13. The molecular weight excluding hydrogens is 765 g/mol. The monoisotopic (exact) mass is 849 g/mol. The number of carbonyl (C=O) groups excluding carboxylic acids is 3. The van der Waals surface area contributed by atoms with Crippen molar-refractivity contribution in [2.24, 2.45) is 0 Å². The molecule has 0 rings (SSSR count). The van der Waals surface area contributed by atoms with E-state index in [-0.39, 0.29) is 38.3 Å². The number of hydrogen-bond donors (Lipinski definition) is 1. The summed E-state index contributed by atoms with van der Waals surface area (Å²) in [6.45, 7) is 4.06. The molecule has 338 valence electrons. The van der Waals surface area contributed by atoms with Gasteiger partial charge in [-0.05, 0) is 76.7 Å². The van der Waals surface area contributed by atoms with Gasteiger partial charge < -0.3 is 18.9 Å². The van der Waals surface area contributed by atoms with Gasteiger partial charge >= 0.3 is 19.8 Å². The number of allylic oxidation sites excluding steroid dienone is 12. The molecule has 0 aromatic carbocycles. The lowest BCUT2D eigenvalue weighted by Gasteiger charge is -2.24. The number of carbonyl (C=O) groups is 3. The van der Waals surface area contributed by atoms with Crippen LogP contribution in [0.4, 0.5) is 0 Å². The number of phosphoric acid groups is 1. The van der Waals surface area contributed by atoms with Crippen LogP contribution in [0.2, 0.25) is 0 Å². The predicted molar refractivity (Wildman–Crippen MR) is 243 cm³/mol. The van der Waals surface area contributed by atoms with E-state index in [1.54, 1.807) is 6.08 Å². The van der Waals surface area contributed by atoms with E-state index >= 15 is 0 Å². The van der Waals surface area contributed by atoms with Crippen LogP contribution in [0.5, 0.6) is 0 Å². The fraction of sp³-hybridized carbons (Fsp3) is 0.688. The Morgan fingerprint density at radius 2 is 1.08 bits per heavy atom. The molecule has 0 saturated heterocycles. The maximum absolute atomic E-state index is 12.7. The number of nitrogens with zero attached hydrogens (tertiary/aromatic N) is 1. The van der Waals surface area contributed by atoms with Gasteiger partial charge in [0.25, 0.3) is 0 Å². The Hall–Kier alpha value is -2.88. The zero-order valence-corrected chi connectivity index (χ0v) is 38.6. The van der Waals surface area contributed by atoms with E-state index in [4.69, 9.17) is 18.5 Å².